The number of rotatable bonds is 3. The van der Waals surface area contributed by atoms with Crippen molar-refractivity contribution in [2.45, 2.75) is 6.42 Å². The molecular weight excluding hydrogens is 329 g/mol. The molecular formula is C14H15Cl2N3O3. The topological polar surface area (TPSA) is 73.7 Å². The predicted octanol–water partition coefficient (Wildman–Crippen LogP) is 1.76. The van der Waals surface area contributed by atoms with Crippen LogP contribution in [0.2, 0.25) is 10.0 Å². The number of carboxylic acid groups (broad SMARTS) is 1. The van der Waals surface area contributed by atoms with E-state index in [2.05, 4.69) is 4.98 Å². The monoisotopic (exact) mass is 343 g/mol. The standard InChI is InChI=1S/C14H15Cl2N3O3/c15-8-5-11(16)12(17-7-8)18-1-3-19(4-2-18)13(20)9-6-10(9)14(21)22/h5,7,9-10H,1-4,6H2,(H,21,22)/t9-,10-/m0/s1. The molecule has 22 heavy (non-hydrogen) atoms. The van der Waals surface area contributed by atoms with Gasteiger partial charge in [-0.25, -0.2) is 4.98 Å². The van der Waals surface area contributed by atoms with Gasteiger partial charge in [0.1, 0.15) is 5.82 Å². The summed E-state index contributed by atoms with van der Waals surface area (Å²) in [5.41, 5.74) is 0. The van der Waals surface area contributed by atoms with E-state index in [0.717, 1.165) is 0 Å². The van der Waals surface area contributed by atoms with Crippen LogP contribution in [0.3, 0.4) is 0 Å². The first-order valence-electron chi connectivity index (χ1n) is 7.05. The molecule has 2 heterocycles. The summed E-state index contributed by atoms with van der Waals surface area (Å²) in [6.07, 6.45) is 2.00. The lowest BCUT2D eigenvalue weighted by molar-refractivity contribution is -0.142. The highest BCUT2D eigenvalue weighted by atomic mass is 35.5. The number of carboxylic acids is 1. The number of hydrogen-bond donors (Lipinski definition) is 1. The Labute approximate surface area is 137 Å². The summed E-state index contributed by atoms with van der Waals surface area (Å²) >= 11 is 12.0. The van der Waals surface area contributed by atoms with E-state index >= 15 is 0 Å². The van der Waals surface area contributed by atoms with Crippen molar-refractivity contribution in [3.8, 4) is 0 Å². The van der Waals surface area contributed by atoms with Gasteiger partial charge in [0.05, 0.1) is 21.9 Å². The fourth-order valence-corrected chi connectivity index (χ4v) is 3.25. The zero-order valence-corrected chi connectivity index (χ0v) is 13.2. The fourth-order valence-electron chi connectivity index (χ4n) is 2.75. The third kappa shape index (κ3) is 2.98. The number of carbonyl (C=O) groups is 2. The Morgan fingerprint density at radius 2 is 1.86 bits per heavy atom. The second-order valence-electron chi connectivity index (χ2n) is 5.56. The second-order valence-corrected chi connectivity index (χ2v) is 6.40. The summed E-state index contributed by atoms with van der Waals surface area (Å²) < 4.78 is 0. The molecule has 1 aromatic rings. The fraction of sp³-hybridized carbons (Fsp3) is 0.500. The van der Waals surface area contributed by atoms with Crippen LogP contribution in [0.15, 0.2) is 12.3 Å². The number of aromatic nitrogens is 1. The van der Waals surface area contributed by atoms with Gasteiger partial charge < -0.3 is 14.9 Å². The van der Waals surface area contributed by atoms with Crippen molar-refractivity contribution in [1.29, 1.82) is 0 Å². The van der Waals surface area contributed by atoms with Crippen molar-refractivity contribution < 1.29 is 14.7 Å². The van der Waals surface area contributed by atoms with Gasteiger partial charge in [-0.3, -0.25) is 9.59 Å². The van der Waals surface area contributed by atoms with E-state index in [0.29, 0.717) is 48.5 Å². The minimum atomic E-state index is -0.880. The van der Waals surface area contributed by atoms with Crippen molar-refractivity contribution in [1.82, 2.24) is 9.88 Å². The minimum absolute atomic E-state index is 0.0535. The van der Waals surface area contributed by atoms with E-state index < -0.39 is 11.9 Å². The van der Waals surface area contributed by atoms with Crippen LogP contribution in [0.4, 0.5) is 5.82 Å². The third-order valence-corrected chi connectivity index (χ3v) is 4.59. The van der Waals surface area contributed by atoms with Gasteiger partial charge in [0, 0.05) is 32.4 Å². The normalized spacial score (nSPS) is 24.3. The number of piperazine rings is 1. The van der Waals surface area contributed by atoms with Gasteiger partial charge in [0.15, 0.2) is 0 Å². The molecule has 1 amide bonds. The number of aliphatic carboxylic acids is 1. The maximum Gasteiger partial charge on any atom is 0.307 e. The van der Waals surface area contributed by atoms with Gasteiger partial charge >= 0.3 is 5.97 Å². The van der Waals surface area contributed by atoms with Crippen LogP contribution in [0.5, 0.6) is 0 Å². The average molecular weight is 344 g/mol. The summed E-state index contributed by atoms with van der Waals surface area (Å²) in [5.74, 6) is -1.12. The van der Waals surface area contributed by atoms with Crippen LogP contribution in [0, 0.1) is 11.8 Å². The number of pyridine rings is 1. The minimum Gasteiger partial charge on any atom is -0.481 e. The lowest BCUT2D eigenvalue weighted by atomic mass is 10.2. The molecule has 1 aromatic heterocycles. The summed E-state index contributed by atoms with van der Waals surface area (Å²) in [5, 5.41) is 9.87. The van der Waals surface area contributed by atoms with Crippen LogP contribution in [-0.4, -0.2) is 53.0 Å². The van der Waals surface area contributed by atoms with Gasteiger partial charge in [0.2, 0.25) is 5.91 Å². The van der Waals surface area contributed by atoms with Crippen molar-refractivity contribution >= 4 is 40.9 Å². The van der Waals surface area contributed by atoms with Crippen LogP contribution >= 0.6 is 23.2 Å². The first-order chi connectivity index (χ1) is 10.5. The second kappa shape index (κ2) is 5.93. The van der Waals surface area contributed by atoms with Gasteiger partial charge in [-0.2, -0.15) is 0 Å². The van der Waals surface area contributed by atoms with E-state index in [1.165, 1.54) is 0 Å². The molecule has 8 heteroatoms. The molecule has 2 atom stereocenters. The number of halogens is 2. The highest BCUT2D eigenvalue weighted by molar-refractivity contribution is 6.36. The van der Waals surface area contributed by atoms with Crippen molar-refractivity contribution in [2.75, 3.05) is 31.1 Å². The highest BCUT2D eigenvalue weighted by Crippen LogP contribution is 2.40. The van der Waals surface area contributed by atoms with Gasteiger partial charge in [-0.05, 0) is 12.5 Å². The average Bonchev–Trinajstić information content (AvgIpc) is 3.27. The molecule has 6 nitrogen and oxygen atoms in total. The Balaban J connectivity index is 1.59. The van der Waals surface area contributed by atoms with Crippen molar-refractivity contribution in [3.63, 3.8) is 0 Å². The Hall–Kier alpha value is -1.53. The lowest BCUT2D eigenvalue weighted by Crippen LogP contribution is -2.49. The third-order valence-electron chi connectivity index (χ3n) is 4.10. The summed E-state index contributed by atoms with van der Waals surface area (Å²) in [7, 11) is 0. The quantitative estimate of drug-likeness (QED) is 0.905. The molecule has 0 unspecified atom stereocenters. The Morgan fingerprint density at radius 3 is 2.41 bits per heavy atom. The van der Waals surface area contributed by atoms with Crippen molar-refractivity contribution in [2.24, 2.45) is 11.8 Å². The van der Waals surface area contributed by atoms with Crippen LogP contribution in [0.1, 0.15) is 6.42 Å². The largest absolute Gasteiger partial charge is 0.481 e. The van der Waals surface area contributed by atoms with Gasteiger partial charge in [-0.1, -0.05) is 23.2 Å². The molecule has 118 valence electrons. The Kier molecular flexibility index (Phi) is 4.14. The zero-order valence-electron chi connectivity index (χ0n) is 11.7. The van der Waals surface area contributed by atoms with Gasteiger partial charge in [-0.15, -0.1) is 0 Å². The van der Waals surface area contributed by atoms with E-state index in [1.54, 1.807) is 17.2 Å². The molecule has 1 saturated heterocycles. The Morgan fingerprint density at radius 1 is 1.18 bits per heavy atom. The molecule has 1 N–H and O–H groups in total. The predicted molar refractivity (Wildman–Crippen MR) is 82.3 cm³/mol. The van der Waals surface area contributed by atoms with Crippen molar-refractivity contribution in [3.05, 3.63) is 22.3 Å². The first-order valence-corrected chi connectivity index (χ1v) is 7.80. The maximum atomic E-state index is 12.2. The van der Waals surface area contributed by atoms with E-state index in [1.807, 2.05) is 4.90 Å². The summed E-state index contributed by atoms with van der Waals surface area (Å²) in [6.45, 7) is 2.32. The smallest absolute Gasteiger partial charge is 0.307 e. The molecule has 0 aromatic carbocycles. The van der Waals surface area contributed by atoms with Crippen LogP contribution < -0.4 is 4.90 Å². The zero-order chi connectivity index (χ0) is 15.9. The number of amides is 1. The molecule has 0 bridgehead atoms. The lowest BCUT2D eigenvalue weighted by Gasteiger charge is -2.35. The molecule has 1 aliphatic heterocycles. The molecule has 1 saturated carbocycles. The van der Waals surface area contributed by atoms with Crippen LogP contribution in [0.25, 0.3) is 0 Å². The number of nitrogens with zero attached hydrogens (tertiary/aromatic N) is 3. The Bertz CT molecular complexity index is 617. The van der Waals surface area contributed by atoms with Crippen LogP contribution in [-0.2, 0) is 9.59 Å². The molecule has 2 aliphatic rings. The maximum absolute atomic E-state index is 12.2. The number of anilines is 1. The molecule has 0 spiro atoms. The summed E-state index contributed by atoms with van der Waals surface area (Å²) in [6, 6.07) is 1.64. The van der Waals surface area contributed by atoms with E-state index in [9.17, 15) is 9.59 Å². The molecule has 0 radical (unpaired) electrons. The number of hydrogen-bond acceptors (Lipinski definition) is 4. The molecule has 2 fully saturated rings. The molecule has 3 rings (SSSR count). The van der Waals surface area contributed by atoms with Gasteiger partial charge in [0.25, 0.3) is 0 Å². The van der Waals surface area contributed by atoms with E-state index in [4.69, 9.17) is 28.3 Å². The first kappa shape index (κ1) is 15.4. The summed E-state index contributed by atoms with van der Waals surface area (Å²) in [4.78, 5) is 31.0. The molecule has 1 aliphatic carbocycles. The SMILES string of the molecule is O=C(O)[C@H]1C[C@@H]1C(=O)N1CCN(c2ncc(Cl)cc2Cl)CC1. The number of carbonyl (C=O) groups excluding carboxylic acids is 1. The van der Waals surface area contributed by atoms with E-state index in [-0.39, 0.29) is 11.8 Å². The highest BCUT2D eigenvalue weighted by Gasteiger charge is 2.50.